The third kappa shape index (κ3) is 2.94. The van der Waals surface area contributed by atoms with Crippen LogP contribution in [0.5, 0.6) is 0 Å². The first kappa shape index (κ1) is 17.8. The van der Waals surface area contributed by atoms with E-state index in [1.807, 2.05) is 13.0 Å². The van der Waals surface area contributed by atoms with E-state index in [0.717, 1.165) is 5.56 Å². The normalized spacial score (nSPS) is 18.8. The van der Waals surface area contributed by atoms with Gasteiger partial charge in [0.15, 0.2) is 0 Å². The van der Waals surface area contributed by atoms with Crippen LogP contribution in [-0.2, 0) is 10.0 Å². The molecule has 8 heteroatoms. The van der Waals surface area contributed by atoms with Crippen LogP contribution in [0.3, 0.4) is 0 Å². The van der Waals surface area contributed by atoms with E-state index < -0.39 is 15.9 Å². The van der Waals surface area contributed by atoms with Crippen molar-refractivity contribution in [3.05, 3.63) is 59.4 Å². The van der Waals surface area contributed by atoms with Crippen LogP contribution in [0, 0.1) is 6.92 Å². The quantitative estimate of drug-likeness (QED) is 0.753. The topological polar surface area (TPSA) is 87.7 Å². The zero-order chi connectivity index (χ0) is 19.2. The molecule has 2 amide bonds. The Balaban J connectivity index is 1.50. The number of fused-ring (bicyclic) bond motifs is 1. The summed E-state index contributed by atoms with van der Waals surface area (Å²) in [6.07, 6.45) is 2.32. The van der Waals surface area contributed by atoms with Gasteiger partial charge >= 0.3 is 0 Å². The highest BCUT2D eigenvalue weighted by molar-refractivity contribution is 7.89. The molecule has 0 atom stereocenters. The molecule has 27 heavy (non-hydrogen) atoms. The van der Waals surface area contributed by atoms with Crippen molar-refractivity contribution in [1.82, 2.24) is 14.2 Å². The Morgan fingerprint density at radius 2 is 1.78 bits per heavy atom. The van der Waals surface area contributed by atoms with Gasteiger partial charge in [0.05, 0.1) is 10.5 Å². The van der Waals surface area contributed by atoms with Gasteiger partial charge in [-0.15, -0.1) is 0 Å². The molecule has 4 rings (SSSR count). The Morgan fingerprint density at radius 1 is 1.04 bits per heavy atom. The van der Waals surface area contributed by atoms with Crippen LogP contribution in [0.15, 0.2) is 47.5 Å². The number of hydrogen-bond acceptors (Lipinski definition) is 5. The van der Waals surface area contributed by atoms with E-state index in [4.69, 9.17) is 0 Å². The maximum atomic E-state index is 12.8. The van der Waals surface area contributed by atoms with Crippen LogP contribution in [0.1, 0.15) is 39.3 Å². The number of imide groups is 1. The first-order chi connectivity index (χ1) is 12.9. The number of benzene rings is 1. The standard InChI is InChI=1S/C19H19N3O4S/c1-13-4-2-5-15(12-13)27(25,26)21-10-7-14(8-11-21)22-18(23)16-6-3-9-20-17(16)19(22)24/h2-6,9,12,14H,7-8,10-11H2,1H3. The van der Waals surface area contributed by atoms with E-state index in [2.05, 4.69) is 4.98 Å². The van der Waals surface area contributed by atoms with Crippen molar-refractivity contribution in [2.75, 3.05) is 13.1 Å². The summed E-state index contributed by atoms with van der Waals surface area (Å²) in [5, 5.41) is 0. The van der Waals surface area contributed by atoms with Gasteiger partial charge < -0.3 is 0 Å². The number of amides is 2. The molecular formula is C19H19N3O4S. The number of carbonyl (C=O) groups is 2. The fourth-order valence-corrected chi connectivity index (χ4v) is 5.26. The number of aromatic nitrogens is 1. The van der Waals surface area contributed by atoms with Crippen molar-refractivity contribution in [3.8, 4) is 0 Å². The molecule has 0 bridgehead atoms. The Kier molecular flexibility index (Phi) is 4.32. The van der Waals surface area contributed by atoms with E-state index in [-0.39, 0.29) is 35.6 Å². The van der Waals surface area contributed by atoms with Crippen LogP contribution < -0.4 is 0 Å². The summed E-state index contributed by atoms with van der Waals surface area (Å²) in [6, 6.07) is 9.72. The van der Waals surface area contributed by atoms with E-state index in [0.29, 0.717) is 18.4 Å². The molecule has 0 aliphatic carbocycles. The number of pyridine rings is 1. The third-order valence-corrected chi connectivity index (χ3v) is 6.99. The number of carbonyl (C=O) groups excluding carboxylic acids is 2. The zero-order valence-corrected chi connectivity index (χ0v) is 15.6. The first-order valence-corrected chi connectivity index (χ1v) is 10.2. The van der Waals surface area contributed by atoms with Gasteiger partial charge in [-0.05, 0) is 49.6 Å². The molecule has 1 fully saturated rings. The minimum absolute atomic E-state index is 0.178. The summed E-state index contributed by atoms with van der Waals surface area (Å²) >= 11 is 0. The maximum absolute atomic E-state index is 12.8. The van der Waals surface area contributed by atoms with Crippen LogP contribution in [0.2, 0.25) is 0 Å². The van der Waals surface area contributed by atoms with E-state index in [9.17, 15) is 18.0 Å². The van der Waals surface area contributed by atoms with Crippen molar-refractivity contribution in [1.29, 1.82) is 0 Å². The molecule has 0 unspecified atom stereocenters. The fraction of sp³-hybridized carbons (Fsp3) is 0.316. The van der Waals surface area contributed by atoms with E-state index >= 15 is 0 Å². The van der Waals surface area contributed by atoms with Crippen molar-refractivity contribution >= 4 is 21.8 Å². The van der Waals surface area contributed by atoms with E-state index in [1.165, 1.54) is 15.4 Å². The SMILES string of the molecule is Cc1cccc(S(=O)(=O)N2CCC(N3C(=O)c4cccnc4C3=O)CC2)c1. The van der Waals surface area contributed by atoms with Crippen molar-refractivity contribution in [2.45, 2.75) is 30.7 Å². The predicted octanol–water partition coefficient (Wildman–Crippen LogP) is 1.84. The lowest BCUT2D eigenvalue weighted by atomic mass is 10.1. The average Bonchev–Trinajstić information content (AvgIpc) is 2.93. The average molecular weight is 385 g/mol. The number of hydrogen-bond donors (Lipinski definition) is 0. The largest absolute Gasteiger partial charge is 0.280 e. The molecule has 0 saturated carbocycles. The van der Waals surface area contributed by atoms with Crippen molar-refractivity contribution < 1.29 is 18.0 Å². The summed E-state index contributed by atoms with van der Waals surface area (Å²) in [4.78, 5) is 30.7. The Bertz CT molecular complexity index is 992. The molecule has 7 nitrogen and oxygen atoms in total. The lowest BCUT2D eigenvalue weighted by molar-refractivity contribution is 0.0534. The summed E-state index contributed by atoms with van der Waals surface area (Å²) in [5.41, 5.74) is 1.37. The van der Waals surface area contributed by atoms with Gasteiger partial charge in [0.1, 0.15) is 5.69 Å². The monoisotopic (exact) mass is 385 g/mol. The highest BCUT2D eigenvalue weighted by Gasteiger charge is 2.42. The molecule has 0 N–H and O–H groups in total. The molecule has 1 aromatic heterocycles. The molecule has 1 saturated heterocycles. The minimum atomic E-state index is -3.58. The summed E-state index contributed by atoms with van der Waals surface area (Å²) in [6.45, 7) is 2.38. The lowest BCUT2D eigenvalue weighted by Gasteiger charge is -2.35. The van der Waals surface area contributed by atoms with Crippen LogP contribution in [-0.4, -0.2) is 53.6 Å². The number of piperidine rings is 1. The molecule has 140 valence electrons. The number of sulfonamides is 1. The zero-order valence-electron chi connectivity index (χ0n) is 14.8. The van der Waals surface area contributed by atoms with Gasteiger partial charge in [0.2, 0.25) is 10.0 Å². The Hall–Kier alpha value is -2.58. The molecule has 2 aromatic rings. The minimum Gasteiger partial charge on any atom is -0.270 e. The predicted molar refractivity (Wildman–Crippen MR) is 97.7 cm³/mol. The second-order valence-electron chi connectivity index (χ2n) is 6.83. The van der Waals surface area contributed by atoms with Crippen LogP contribution in [0.4, 0.5) is 0 Å². The number of nitrogens with zero attached hydrogens (tertiary/aromatic N) is 3. The van der Waals surface area contributed by atoms with Crippen LogP contribution >= 0.6 is 0 Å². The lowest BCUT2D eigenvalue weighted by Crippen LogP contribution is -2.48. The molecule has 1 aromatic carbocycles. The van der Waals surface area contributed by atoms with Crippen LogP contribution in [0.25, 0.3) is 0 Å². The third-order valence-electron chi connectivity index (χ3n) is 5.09. The van der Waals surface area contributed by atoms with Gasteiger partial charge in [0.25, 0.3) is 11.8 Å². The van der Waals surface area contributed by atoms with Gasteiger partial charge in [0, 0.05) is 25.3 Å². The molecule has 3 heterocycles. The van der Waals surface area contributed by atoms with Gasteiger partial charge in [-0.2, -0.15) is 4.31 Å². The van der Waals surface area contributed by atoms with E-state index in [1.54, 1.807) is 30.3 Å². The highest BCUT2D eigenvalue weighted by atomic mass is 32.2. The molecular weight excluding hydrogens is 366 g/mol. The number of aryl methyl sites for hydroxylation is 1. The summed E-state index contributed by atoms with van der Waals surface area (Å²) in [5.74, 6) is -0.737. The second-order valence-corrected chi connectivity index (χ2v) is 8.77. The Labute approximate surface area is 157 Å². The summed E-state index contributed by atoms with van der Waals surface area (Å²) in [7, 11) is -3.58. The fourth-order valence-electron chi connectivity index (χ4n) is 3.68. The maximum Gasteiger partial charge on any atom is 0.280 e. The second kappa shape index (κ2) is 6.54. The number of rotatable bonds is 3. The van der Waals surface area contributed by atoms with Crippen molar-refractivity contribution in [3.63, 3.8) is 0 Å². The smallest absolute Gasteiger partial charge is 0.270 e. The molecule has 0 spiro atoms. The molecule has 2 aliphatic rings. The highest BCUT2D eigenvalue weighted by Crippen LogP contribution is 2.29. The van der Waals surface area contributed by atoms with Gasteiger partial charge in [-0.25, -0.2) is 8.42 Å². The first-order valence-electron chi connectivity index (χ1n) is 8.79. The molecule has 0 radical (unpaired) electrons. The summed E-state index contributed by atoms with van der Waals surface area (Å²) < 4.78 is 27.1. The van der Waals surface area contributed by atoms with Gasteiger partial charge in [-0.1, -0.05) is 12.1 Å². The van der Waals surface area contributed by atoms with Crippen molar-refractivity contribution in [2.24, 2.45) is 0 Å². The molecule has 2 aliphatic heterocycles. The Morgan fingerprint density at radius 3 is 2.44 bits per heavy atom. The van der Waals surface area contributed by atoms with Gasteiger partial charge in [-0.3, -0.25) is 19.5 Å².